The zero-order chi connectivity index (χ0) is 8.43. The first-order valence-electron chi connectivity index (χ1n) is 3.15. The summed E-state index contributed by atoms with van der Waals surface area (Å²) in [7, 11) is 1.54. The Hall–Kier alpha value is -0.320. The Balaban J connectivity index is 3.24. The van der Waals surface area contributed by atoms with Crippen molar-refractivity contribution in [2.24, 2.45) is 0 Å². The van der Waals surface area contributed by atoms with E-state index in [1.807, 2.05) is 6.92 Å². The molecule has 0 bridgehead atoms. The lowest BCUT2D eigenvalue weighted by atomic mass is 10.2. The van der Waals surface area contributed by atoms with Crippen LogP contribution in [-0.2, 0) is 0 Å². The minimum Gasteiger partial charge on any atom is -0.496 e. The Morgan fingerprint density at radius 2 is 2.09 bits per heavy atom. The smallest absolute Gasteiger partial charge is 0.135 e. The van der Waals surface area contributed by atoms with Crippen molar-refractivity contribution in [1.29, 1.82) is 0 Å². The van der Waals surface area contributed by atoms with Crippen molar-refractivity contribution in [3.05, 3.63) is 27.1 Å². The average Bonchev–Trinajstić information content (AvgIpc) is 1.96. The molecule has 0 saturated heterocycles. The van der Waals surface area contributed by atoms with Crippen LogP contribution in [-0.4, -0.2) is 7.11 Å². The van der Waals surface area contributed by atoms with Gasteiger partial charge in [0.1, 0.15) is 11.6 Å². The van der Waals surface area contributed by atoms with Crippen molar-refractivity contribution in [2.75, 3.05) is 7.11 Å². The molecule has 0 amide bonds. The molecule has 0 aliphatic carbocycles. The molecule has 0 atom stereocenters. The van der Waals surface area contributed by atoms with Crippen molar-refractivity contribution in [2.45, 2.75) is 6.92 Å². The third kappa shape index (κ3) is 1.83. The highest BCUT2D eigenvalue weighted by molar-refractivity contribution is 14.1. The molecular weight excluding hydrogens is 258 g/mol. The molecule has 0 saturated carbocycles. The van der Waals surface area contributed by atoms with E-state index in [1.165, 1.54) is 19.2 Å². The molecule has 0 aromatic heterocycles. The van der Waals surface area contributed by atoms with Gasteiger partial charge in [-0.25, -0.2) is 4.39 Å². The van der Waals surface area contributed by atoms with Crippen LogP contribution >= 0.6 is 22.6 Å². The lowest BCUT2D eigenvalue weighted by Crippen LogP contribution is -1.91. The fraction of sp³-hybridized carbons (Fsp3) is 0.250. The second kappa shape index (κ2) is 3.38. The van der Waals surface area contributed by atoms with Gasteiger partial charge in [-0.2, -0.15) is 0 Å². The zero-order valence-electron chi connectivity index (χ0n) is 6.32. The van der Waals surface area contributed by atoms with Crippen molar-refractivity contribution in [1.82, 2.24) is 0 Å². The molecule has 0 radical (unpaired) electrons. The molecule has 0 heterocycles. The lowest BCUT2D eigenvalue weighted by Gasteiger charge is -2.05. The van der Waals surface area contributed by atoms with Crippen LogP contribution in [0.1, 0.15) is 5.56 Å². The van der Waals surface area contributed by atoms with Gasteiger partial charge in [-0.3, -0.25) is 0 Å². The number of hydrogen-bond acceptors (Lipinski definition) is 1. The van der Waals surface area contributed by atoms with E-state index in [1.54, 1.807) is 0 Å². The maximum atomic E-state index is 12.7. The largest absolute Gasteiger partial charge is 0.496 e. The summed E-state index contributed by atoms with van der Waals surface area (Å²) in [5, 5.41) is 0. The first kappa shape index (κ1) is 8.77. The average molecular weight is 266 g/mol. The number of halogens is 2. The predicted octanol–water partition coefficient (Wildman–Crippen LogP) is 2.75. The van der Waals surface area contributed by atoms with E-state index in [2.05, 4.69) is 22.6 Å². The van der Waals surface area contributed by atoms with Crippen molar-refractivity contribution >= 4 is 22.6 Å². The van der Waals surface area contributed by atoms with Crippen LogP contribution in [0.15, 0.2) is 12.1 Å². The third-order valence-corrected chi connectivity index (χ3v) is 2.79. The number of aryl methyl sites for hydroxylation is 1. The molecule has 0 aliphatic heterocycles. The van der Waals surface area contributed by atoms with E-state index >= 15 is 0 Å². The highest BCUT2D eigenvalue weighted by atomic mass is 127. The van der Waals surface area contributed by atoms with E-state index in [4.69, 9.17) is 4.74 Å². The van der Waals surface area contributed by atoms with E-state index in [0.717, 1.165) is 9.13 Å². The Bertz CT molecular complexity index is 273. The predicted molar refractivity (Wildman–Crippen MR) is 50.4 cm³/mol. The first-order chi connectivity index (χ1) is 5.15. The molecule has 0 N–H and O–H groups in total. The second-order valence-corrected chi connectivity index (χ2v) is 3.32. The van der Waals surface area contributed by atoms with E-state index in [0.29, 0.717) is 5.75 Å². The summed E-state index contributed by atoms with van der Waals surface area (Å²) >= 11 is 2.13. The Morgan fingerprint density at radius 3 is 2.64 bits per heavy atom. The Kier molecular flexibility index (Phi) is 2.70. The fourth-order valence-electron chi connectivity index (χ4n) is 0.843. The molecule has 1 aromatic rings. The molecule has 3 heteroatoms. The van der Waals surface area contributed by atoms with Crippen molar-refractivity contribution in [3.63, 3.8) is 0 Å². The van der Waals surface area contributed by atoms with Crippen LogP contribution < -0.4 is 4.74 Å². The number of hydrogen-bond donors (Lipinski definition) is 0. The maximum absolute atomic E-state index is 12.7. The molecule has 0 unspecified atom stereocenters. The van der Waals surface area contributed by atoms with Gasteiger partial charge >= 0.3 is 0 Å². The molecule has 1 aromatic carbocycles. The lowest BCUT2D eigenvalue weighted by molar-refractivity contribution is 0.407. The van der Waals surface area contributed by atoms with E-state index in [9.17, 15) is 4.39 Å². The number of methoxy groups -OCH3 is 1. The fourth-order valence-corrected chi connectivity index (χ4v) is 1.37. The van der Waals surface area contributed by atoms with Crippen molar-refractivity contribution in [3.8, 4) is 5.75 Å². The molecule has 1 nitrogen and oxygen atoms in total. The van der Waals surface area contributed by atoms with Crippen LogP contribution in [0, 0.1) is 16.3 Å². The second-order valence-electron chi connectivity index (χ2n) is 2.24. The SMILES string of the molecule is COc1cc(F)cc(C)c1I. The van der Waals surface area contributed by atoms with Crippen LogP contribution in [0.5, 0.6) is 5.75 Å². The van der Waals surface area contributed by atoms with Crippen LogP contribution in [0.25, 0.3) is 0 Å². The van der Waals surface area contributed by atoms with Gasteiger partial charge in [-0.05, 0) is 41.1 Å². The zero-order valence-corrected chi connectivity index (χ0v) is 8.48. The van der Waals surface area contributed by atoms with Crippen LogP contribution in [0.3, 0.4) is 0 Å². The molecule has 60 valence electrons. The quantitative estimate of drug-likeness (QED) is 0.710. The first-order valence-corrected chi connectivity index (χ1v) is 4.22. The van der Waals surface area contributed by atoms with Crippen molar-refractivity contribution < 1.29 is 9.13 Å². The minimum atomic E-state index is -0.250. The van der Waals surface area contributed by atoms with Crippen LogP contribution in [0.2, 0.25) is 0 Å². The summed E-state index contributed by atoms with van der Waals surface area (Å²) < 4.78 is 18.6. The summed E-state index contributed by atoms with van der Waals surface area (Å²) in [5.74, 6) is 0.350. The minimum absolute atomic E-state index is 0.250. The van der Waals surface area contributed by atoms with Gasteiger partial charge in [0.15, 0.2) is 0 Å². The highest BCUT2D eigenvalue weighted by Gasteiger charge is 2.04. The summed E-state index contributed by atoms with van der Waals surface area (Å²) in [6.07, 6.45) is 0. The van der Waals surface area contributed by atoms with Gasteiger partial charge in [0, 0.05) is 6.07 Å². The van der Waals surface area contributed by atoms with Gasteiger partial charge in [-0.1, -0.05) is 0 Å². The molecule has 0 spiro atoms. The summed E-state index contributed by atoms with van der Waals surface area (Å²) in [5.41, 5.74) is 0.905. The van der Waals surface area contributed by atoms with Gasteiger partial charge < -0.3 is 4.74 Å². The van der Waals surface area contributed by atoms with Gasteiger partial charge in [0.25, 0.3) is 0 Å². The van der Waals surface area contributed by atoms with E-state index in [-0.39, 0.29) is 5.82 Å². The molecule has 1 rings (SSSR count). The Morgan fingerprint density at radius 1 is 1.45 bits per heavy atom. The molecule has 0 fully saturated rings. The van der Waals surface area contributed by atoms with Gasteiger partial charge in [0.2, 0.25) is 0 Å². The number of rotatable bonds is 1. The summed E-state index contributed by atoms with van der Waals surface area (Å²) in [4.78, 5) is 0. The maximum Gasteiger partial charge on any atom is 0.135 e. The monoisotopic (exact) mass is 266 g/mol. The van der Waals surface area contributed by atoms with Gasteiger partial charge in [-0.15, -0.1) is 0 Å². The third-order valence-electron chi connectivity index (χ3n) is 1.41. The highest BCUT2D eigenvalue weighted by Crippen LogP contribution is 2.24. The summed E-state index contributed by atoms with van der Waals surface area (Å²) in [6, 6.07) is 2.87. The molecular formula is C8H8FIO. The normalized spacial score (nSPS) is 9.82. The number of benzene rings is 1. The van der Waals surface area contributed by atoms with Crippen LogP contribution in [0.4, 0.5) is 4.39 Å². The molecule has 0 aliphatic rings. The topological polar surface area (TPSA) is 9.23 Å². The molecule has 11 heavy (non-hydrogen) atoms. The van der Waals surface area contributed by atoms with Gasteiger partial charge in [0.05, 0.1) is 10.7 Å². The summed E-state index contributed by atoms with van der Waals surface area (Å²) in [6.45, 7) is 1.85. The number of ether oxygens (including phenoxy) is 1. The van der Waals surface area contributed by atoms with E-state index < -0.39 is 0 Å². The Labute approximate surface area is 78.7 Å². The standard InChI is InChI=1S/C8H8FIO/c1-5-3-6(9)4-7(11-2)8(5)10/h3-4H,1-2H3.